The molecule has 7 nitrogen and oxygen atoms in total. The number of ether oxygens (including phenoxy) is 2. The van der Waals surface area contributed by atoms with Crippen LogP contribution in [0.4, 0.5) is 5.69 Å². The number of hydrogen-bond donors (Lipinski definition) is 2. The van der Waals surface area contributed by atoms with E-state index in [4.69, 9.17) is 14.6 Å². The zero-order valence-electron chi connectivity index (χ0n) is 15.6. The number of hydrogen-bond acceptors (Lipinski definition) is 5. The Hall–Kier alpha value is -2.58. The average Bonchev–Trinajstić information content (AvgIpc) is 2.62. The number of nitrogens with one attached hydrogen (secondary N) is 1. The highest BCUT2D eigenvalue weighted by Crippen LogP contribution is 2.29. The van der Waals surface area contributed by atoms with E-state index in [1.165, 1.54) is 13.2 Å². The van der Waals surface area contributed by atoms with Crippen molar-refractivity contribution in [2.24, 2.45) is 5.14 Å². The highest BCUT2D eigenvalue weighted by molar-refractivity contribution is 7.89. The van der Waals surface area contributed by atoms with Gasteiger partial charge in [-0.1, -0.05) is 19.4 Å². The molecule has 8 heteroatoms. The molecule has 0 saturated heterocycles. The van der Waals surface area contributed by atoms with Crippen LogP contribution in [0.1, 0.15) is 35.7 Å². The zero-order chi connectivity index (χ0) is 20.0. The first kappa shape index (κ1) is 20.7. The molecule has 1 amide bonds. The molecular formula is C19H24N2O5S. The maximum absolute atomic E-state index is 12.5. The van der Waals surface area contributed by atoms with Gasteiger partial charge in [0.2, 0.25) is 10.0 Å². The van der Waals surface area contributed by atoms with Gasteiger partial charge in [-0.05, 0) is 49.2 Å². The Morgan fingerprint density at radius 3 is 2.52 bits per heavy atom. The topological polar surface area (TPSA) is 108 Å². The van der Waals surface area contributed by atoms with E-state index in [-0.39, 0.29) is 4.90 Å². The first-order valence-corrected chi connectivity index (χ1v) is 10.1. The van der Waals surface area contributed by atoms with Crippen molar-refractivity contribution in [1.82, 2.24) is 0 Å². The lowest BCUT2D eigenvalue weighted by Gasteiger charge is -2.13. The lowest BCUT2D eigenvalue weighted by molar-refractivity contribution is 0.102. The normalized spacial score (nSPS) is 11.1. The fourth-order valence-corrected chi connectivity index (χ4v) is 3.25. The van der Waals surface area contributed by atoms with E-state index in [0.29, 0.717) is 34.9 Å². The fourth-order valence-electron chi connectivity index (χ4n) is 2.44. The van der Waals surface area contributed by atoms with Crippen LogP contribution in [0.15, 0.2) is 41.3 Å². The van der Waals surface area contributed by atoms with E-state index in [2.05, 4.69) is 12.2 Å². The van der Waals surface area contributed by atoms with Crippen LogP contribution >= 0.6 is 0 Å². The third-order valence-corrected chi connectivity index (χ3v) is 4.99. The van der Waals surface area contributed by atoms with Gasteiger partial charge >= 0.3 is 0 Å². The number of amides is 1. The molecule has 0 aliphatic heterocycles. The molecule has 27 heavy (non-hydrogen) atoms. The van der Waals surface area contributed by atoms with Gasteiger partial charge in [0.25, 0.3) is 5.91 Å². The van der Waals surface area contributed by atoms with Gasteiger partial charge < -0.3 is 14.8 Å². The standard InChI is InChI=1S/C19H24N2O5S/c1-4-5-10-26-16-9-7-14(11-17(16)25-3)19(22)21-15-8-6-13(2)18(12-15)27(20,23)24/h6-9,11-12H,4-5,10H2,1-3H3,(H,21,22)(H2,20,23,24). The minimum absolute atomic E-state index is 0.0300. The Balaban J connectivity index is 2.21. The van der Waals surface area contributed by atoms with Crippen molar-refractivity contribution in [3.05, 3.63) is 47.5 Å². The Kier molecular flexibility index (Phi) is 6.81. The zero-order valence-corrected chi connectivity index (χ0v) is 16.4. The summed E-state index contributed by atoms with van der Waals surface area (Å²) >= 11 is 0. The van der Waals surface area contributed by atoms with Crippen molar-refractivity contribution < 1.29 is 22.7 Å². The molecule has 0 bridgehead atoms. The molecule has 0 fully saturated rings. The Labute approximate surface area is 159 Å². The van der Waals surface area contributed by atoms with E-state index in [1.54, 1.807) is 37.3 Å². The molecule has 2 aromatic carbocycles. The Morgan fingerprint density at radius 1 is 1.15 bits per heavy atom. The molecule has 0 spiro atoms. The van der Waals surface area contributed by atoms with Crippen molar-refractivity contribution in [2.75, 3.05) is 19.0 Å². The monoisotopic (exact) mass is 392 g/mol. The number of rotatable bonds is 8. The van der Waals surface area contributed by atoms with E-state index < -0.39 is 15.9 Å². The SMILES string of the molecule is CCCCOc1ccc(C(=O)Nc2ccc(C)c(S(N)(=O)=O)c2)cc1OC. The van der Waals surface area contributed by atoms with Crippen molar-refractivity contribution in [3.8, 4) is 11.5 Å². The largest absolute Gasteiger partial charge is 0.493 e. The van der Waals surface area contributed by atoms with Crippen LogP contribution in [0.3, 0.4) is 0 Å². The maximum atomic E-state index is 12.5. The van der Waals surface area contributed by atoms with Crippen molar-refractivity contribution in [1.29, 1.82) is 0 Å². The van der Waals surface area contributed by atoms with Crippen molar-refractivity contribution in [2.45, 2.75) is 31.6 Å². The molecule has 2 rings (SSSR count). The van der Waals surface area contributed by atoms with Crippen LogP contribution in [-0.4, -0.2) is 28.0 Å². The Bertz CT molecular complexity index is 926. The molecule has 3 N–H and O–H groups in total. The van der Waals surface area contributed by atoms with Crippen LogP contribution in [-0.2, 0) is 10.0 Å². The average molecular weight is 392 g/mol. The van der Waals surface area contributed by atoms with Crippen molar-refractivity contribution >= 4 is 21.6 Å². The number of aryl methyl sites for hydroxylation is 1. The Morgan fingerprint density at radius 2 is 1.89 bits per heavy atom. The summed E-state index contributed by atoms with van der Waals surface area (Å²) in [6.45, 7) is 4.27. The third-order valence-electron chi connectivity index (χ3n) is 3.93. The van der Waals surface area contributed by atoms with Gasteiger partial charge in [0.05, 0.1) is 18.6 Å². The lowest BCUT2D eigenvalue weighted by Crippen LogP contribution is -2.16. The summed E-state index contributed by atoms with van der Waals surface area (Å²) in [6, 6.07) is 9.40. The predicted octanol–water partition coefficient (Wildman–Crippen LogP) is 3.08. The maximum Gasteiger partial charge on any atom is 0.255 e. The van der Waals surface area contributed by atoms with Gasteiger partial charge in [0, 0.05) is 11.3 Å². The van der Waals surface area contributed by atoms with E-state index in [0.717, 1.165) is 12.8 Å². The highest BCUT2D eigenvalue weighted by atomic mass is 32.2. The third kappa shape index (κ3) is 5.45. The second-order valence-corrected chi connectivity index (χ2v) is 7.58. The number of nitrogens with two attached hydrogens (primary N) is 1. The lowest BCUT2D eigenvalue weighted by atomic mass is 10.1. The van der Waals surface area contributed by atoms with Crippen LogP contribution in [0.2, 0.25) is 0 Å². The van der Waals surface area contributed by atoms with E-state index in [9.17, 15) is 13.2 Å². The number of carbonyl (C=O) groups is 1. The molecular weight excluding hydrogens is 368 g/mol. The highest BCUT2D eigenvalue weighted by Gasteiger charge is 2.15. The van der Waals surface area contributed by atoms with Gasteiger partial charge in [-0.15, -0.1) is 0 Å². The molecule has 0 radical (unpaired) electrons. The van der Waals surface area contributed by atoms with Crippen LogP contribution in [0, 0.1) is 6.92 Å². The summed E-state index contributed by atoms with van der Waals surface area (Å²) in [5, 5.41) is 7.87. The van der Waals surface area contributed by atoms with Crippen LogP contribution < -0.4 is 19.9 Å². The first-order chi connectivity index (χ1) is 12.8. The molecule has 146 valence electrons. The first-order valence-electron chi connectivity index (χ1n) is 8.52. The number of unbranched alkanes of at least 4 members (excludes halogenated alkanes) is 1. The number of carbonyl (C=O) groups excluding carboxylic acids is 1. The molecule has 0 aromatic heterocycles. The summed E-state index contributed by atoms with van der Waals surface area (Å²) in [5.41, 5.74) is 1.19. The summed E-state index contributed by atoms with van der Waals surface area (Å²) < 4.78 is 34.2. The van der Waals surface area contributed by atoms with Gasteiger partial charge in [-0.25, -0.2) is 13.6 Å². The molecule has 0 aliphatic rings. The van der Waals surface area contributed by atoms with Crippen LogP contribution in [0.5, 0.6) is 11.5 Å². The molecule has 0 atom stereocenters. The summed E-state index contributed by atoms with van der Waals surface area (Å²) in [4.78, 5) is 12.5. The molecule has 0 aliphatic carbocycles. The number of methoxy groups -OCH3 is 1. The molecule has 0 saturated carbocycles. The summed E-state index contributed by atoms with van der Waals surface area (Å²) in [5.74, 6) is 0.611. The minimum atomic E-state index is -3.87. The fraction of sp³-hybridized carbons (Fsp3) is 0.316. The van der Waals surface area contributed by atoms with E-state index in [1.807, 2.05) is 0 Å². The predicted molar refractivity (Wildman–Crippen MR) is 104 cm³/mol. The summed E-state index contributed by atoms with van der Waals surface area (Å²) in [7, 11) is -2.37. The number of benzene rings is 2. The van der Waals surface area contributed by atoms with Crippen LogP contribution in [0.25, 0.3) is 0 Å². The minimum Gasteiger partial charge on any atom is -0.493 e. The van der Waals surface area contributed by atoms with Gasteiger partial charge in [0.1, 0.15) is 0 Å². The molecule has 2 aromatic rings. The van der Waals surface area contributed by atoms with Gasteiger partial charge in [-0.3, -0.25) is 4.79 Å². The number of primary sulfonamides is 1. The quantitative estimate of drug-likeness (QED) is 0.671. The van der Waals surface area contributed by atoms with Crippen molar-refractivity contribution in [3.63, 3.8) is 0 Å². The number of anilines is 1. The second-order valence-electron chi connectivity index (χ2n) is 6.05. The molecule has 0 unspecified atom stereocenters. The second kappa shape index (κ2) is 8.88. The summed E-state index contributed by atoms with van der Waals surface area (Å²) in [6.07, 6.45) is 1.94. The number of sulfonamides is 1. The van der Waals surface area contributed by atoms with Gasteiger partial charge in [0.15, 0.2) is 11.5 Å². The van der Waals surface area contributed by atoms with E-state index >= 15 is 0 Å². The molecule has 0 heterocycles. The van der Waals surface area contributed by atoms with Gasteiger partial charge in [-0.2, -0.15) is 0 Å². The smallest absolute Gasteiger partial charge is 0.255 e.